The molecule has 3 rings (SSSR count). The maximum absolute atomic E-state index is 12.4. The Morgan fingerprint density at radius 2 is 1.88 bits per heavy atom. The monoisotopic (exact) mass is 395 g/mol. The van der Waals surface area contributed by atoms with Crippen molar-refractivity contribution in [2.24, 2.45) is 0 Å². The molecule has 0 N–H and O–H groups in total. The van der Waals surface area contributed by atoms with Gasteiger partial charge >= 0.3 is 10.1 Å². The molecule has 0 saturated carbocycles. The molecule has 11 heteroatoms. The molecular formula is C15H10ClN3O6S. The van der Waals surface area contributed by atoms with Crippen LogP contribution in [0.2, 0.25) is 5.02 Å². The van der Waals surface area contributed by atoms with E-state index in [0.717, 1.165) is 12.1 Å². The summed E-state index contributed by atoms with van der Waals surface area (Å²) < 4.78 is 34.6. The molecule has 0 unspecified atom stereocenters. The Kier molecular flexibility index (Phi) is 4.62. The van der Waals surface area contributed by atoms with Crippen LogP contribution in [0.25, 0.3) is 11.4 Å². The van der Waals surface area contributed by atoms with Gasteiger partial charge in [-0.05, 0) is 36.4 Å². The first kappa shape index (κ1) is 17.8. The summed E-state index contributed by atoms with van der Waals surface area (Å²) in [5.74, 6) is 0.696. The molecule has 0 radical (unpaired) electrons. The Labute approximate surface area is 152 Å². The van der Waals surface area contributed by atoms with Crippen LogP contribution in [0.15, 0.2) is 51.9 Å². The molecule has 0 aliphatic heterocycles. The summed E-state index contributed by atoms with van der Waals surface area (Å²) in [6.45, 7) is 1.64. The Morgan fingerprint density at radius 1 is 1.19 bits per heavy atom. The van der Waals surface area contributed by atoms with E-state index >= 15 is 0 Å². The quantitative estimate of drug-likeness (QED) is 0.365. The summed E-state index contributed by atoms with van der Waals surface area (Å²) in [6.07, 6.45) is 0. The summed E-state index contributed by atoms with van der Waals surface area (Å²) in [7, 11) is -4.43. The second-order valence-corrected chi connectivity index (χ2v) is 7.02. The maximum atomic E-state index is 12.4. The standard InChI is InChI=1S/C15H10ClN3O6S/c1-9-17-15(18-24-9)10-2-5-12(6-3-10)25-26(22,23)14-7-4-11(16)8-13(14)19(20)21/h2-8H,1H3. The number of aromatic nitrogens is 2. The van der Waals surface area contributed by atoms with Crippen LogP contribution in [-0.4, -0.2) is 23.5 Å². The van der Waals surface area contributed by atoms with Crippen LogP contribution in [-0.2, 0) is 10.1 Å². The van der Waals surface area contributed by atoms with Gasteiger partial charge in [-0.25, -0.2) is 0 Å². The first-order chi connectivity index (χ1) is 12.3. The van der Waals surface area contributed by atoms with Crippen LogP contribution < -0.4 is 4.18 Å². The largest absolute Gasteiger partial charge is 0.379 e. The van der Waals surface area contributed by atoms with Crippen molar-refractivity contribution in [2.45, 2.75) is 11.8 Å². The summed E-state index contributed by atoms with van der Waals surface area (Å²) >= 11 is 5.69. The van der Waals surface area contributed by atoms with Crippen molar-refractivity contribution < 1.29 is 22.0 Å². The van der Waals surface area contributed by atoms with E-state index in [1.165, 1.54) is 30.3 Å². The minimum absolute atomic E-state index is 0.0294. The van der Waals surface area contributed by atoms with Crippen molar-refractivity contribution in [3.63, 3.8) is 0 Å². The zero-order valence-electron chi connectivity index (χ0n) is 13.1. The number of rotatable bonds is 5. The lowest BCUT2D eigenvalue weighted by Gasteiger charge is -2.08. The molecule has 0 amide bonds. The fourth-order valence-corrected chi connectivity index (χ4v) is 3.34. The van der Waals surface area contributed by atoms with Crippen LogP contribution in [0.3, 0.4) is 0 Å². The third-order valence-corrected chi connectivity index (χ3v) is 4.76. The predicted molar refractivity (Wildman–Crippen MR) is 90.4 cm³/mol. The van der Waals surface area contributed by atoms with Crippen LogP contribution >= 0.6 is 11.6 Å². The van der Waals surface area contributed by atoms with Gasteiger partial charge in [-0.2, -0.15) is 13.4 Å². The topological polar surface area (TPSA) is 125 Å². The SMILES string of the molecule is Cc1nc(-c2ccc(OS(=O)(=O)c3ccc(Cl)cc3[N+](=O)[O-])cc2)no1. The molecule has 0 aliphatic rings. The second-order valence-electron chi connectivity index (χ2n) is 5.07. The van der Waals surface area contributed by atoms with Gasteiger partial charge in [0.1, 0.15) is 5.75 Å². The van der Waals surface area contributed by atoms with Crippen molar-refractivity contribution in [3.8, 4) is 17.1 Å². The van der Waals surface area contributed by atoms with Gasteiger partial charge in [0.05, 0.1) is 4.92 Å². The predicted octanol–water partition coefficient (Wildman–Crippen LogP) is 3.37. The molecule has 0 fully saturated rings. The number of hydrogen-bond acceptors (Lipinski definition) is 8. The minimum atomic E-state index is -4.43. The molecule has 0 spiro atoms. The first-order valence-electron chi connectivity index (χ1n) is 7.05. The fraction of sp³-hybridized carbons (Fsp3) is 0.0667. The number of aryl methyl sites for hydroxylation is 1. The third kappa shape index (κ3) is 3.65. The highest BCUT2D eigenvalue weighted by Crippen LogP contribution is 2.30. The van der Waals surface area contributed by atoms with Crippen molar-refractivity contribution in [2.75, 3.05) is 0 Å². The summed E-state index contributed by atoms with van der Waals surface area (Å²) in [4.78, 5) is 13.7. The van der Waals surface area contributed by atoms with Gasteiger partial charge in [-0.1, -0.05) is 16.8 Å². The van der Waals surface area contributed by atoms with Crippen LogP contribution in [0.4, 0.5) is 5.69 Å². The molecule has 1 heterocycles. The second kappa shape index (κ2) is 6.73. The van der Waals surface area contributed by atoms with Gasteiger partial charge in [0, 0.05) is 23.6 Å². The number of hydrogen-bond donors (Lipinski definition) is 0. The summed E-state index contributed by atoms with van der Waals surface area (Å²) in [6, 6.07) is 9.01. The van der Waals surface area contributed by atoms with Crippen molar-refractivity contribution in [3.05, 3.63) is 63.5 Å². The van der Waals surface area contributed by atoms with E-state index in [1.54, 1.807) is 6.92 Å². The highest BCUT2D eigenvalue weighted by molar-refractivity contribution is 7.87. The molecule has 0 saturated heterocycles. The average molecular weight is 396 g/mol. The van der Waals surface area contributed by atoms with E-state index in [2.05, 4.69) is 10.1 Å². The molecular weight excluding hydrogens is 386 g/mol. The normalized spacial score (nSPS) is 11.3. The lowest BCUT2D eigenvalue weighted by molar-refractivity contribution is -0.387. The van der Waals surface area contributed by atoms with Crippen LogP contribution in [0.1, 0.15) is 5.89 Å². The molecule has 134 valence electrons. The van der Waals surface area contributed by atoms with Gasteiger partial charge in [0.2, 0.25) is 11.7 Å². The molecule has 0 aliphatic carbocycles. The molecule has 0 bridgehead atoms. The third-order valence-electron chi connectivity index (χ3n) is 3.23. The number of nitrogens with zero attached hydrogens (tertiary/aromatic N) is 3. The lowest BCUT2D eigenvalue weighted by Crippen LogP contribution is -2.12. The van der Waals surface area contributed by atoms with E-state index in [9.17, 15) is 18.5 Å². The van der Waals surface area contributed by atoms with Crippen LogP contribution in [0.5, 0.6) is 5.75 Å². The van der Waals surface area contributed by atoms with Crippen LogP contribution in [0, 0.1) is 17.0 Å². The zero-order chi connectivity index (χ0) is 18.9. The van der Waals surface area contributed by atoms with Gasteiger partial charge in [0.25, 0.3) is 5.69 Å². The zero-order valence-corrected chi connectivity index (χ0v) is 14.7. The van der Waals surface area contributed by atoms with E-state index < -0.39 is 25.6 Å². The lowest BCUT2D eigenvalue weighted by atomic mass is 10.2. The smallest absolute Gasteiger partial charge is 0.346 e. The summed E-state index contributed by atoms with van der Waals surface area (Å²) in [5, 5.41) is 14.9. The molecule has 3 aromatic rings. The van der Waals surface area contributed by atoms with E-state index in [-0.39, 0.29) is 10.8 Å². The number of halogens is 1. The first-order valence-corrected chi connectivity index (χ1v) is 8.84. The molecule has 2 aromatic carbocycles. The van der Waals surface area contributed by atoms with E-state index in [1.807, 2.05) is 0 Å². The molecule has 1 aromatic heterocycles. The minimum Gasteiger partial charge on any atom is -0.379 e. The highest BCUT2D eigenvalue weighted by atomic mass is 35.5. The van der Waals surface area contributed by atoms with Gasteiger partial charge in [-0.3, -0.25) is 10.1 Å². The Morgan fingerprint density at radius 3 is 2.46 bits per heavy atom. The maximum Gasteiger partial charge on any atom is 0.346 e. The number of nitro benzene ring substituents is 1. The number of benzene rings is 2. The Bertz CT molecular complexity index is 1080. The van der Waals surface area contributed by atoms with Gasteiger partial charge < -0.3 is 8.71 Å². The molecule has 0 atom stereocenters. The Hall–Kier alpha value is -2.98. The average Bonchev–Trinajstić information content (AvgIpc) is 3.01. The van der Waals surface area contributed by atoms with E-state index in [0.29, 0.717) is 17.3 Å². The van der Waals surface area contributed by atoms with Crippen molar-refractivity contribution >= 4 is 27.4 Å². The van der Waals surface area contributed by atoms with Crippen molar-refractivity contribution in [1.82, 2.24) is 10.1 Å². The highest BCUT2D eigenvalue weighted by Gasteiger charge is 2.28. The molecule has 9 nitrogen and oxygen atoms in total. The molecule has 26 heavy (non-hydrogen) atoms. The van der Waals surface area contributed by atoms with Gasteiger partial charge in [-0.15, -0.1) is 0 Å². The van der Waals surface area contributed by atoms with E-state index in [4.69, 9.17) is 20.3 Å². The van der Waals surface area contributed by atoms with Crippen molar-refractivity contribution in [1.29, 1.82) is 0 Å². The fourth-order valence-electron chi connectivity index (χ4n) is 2.09. The Balaban J connectivity index is 1.90. The number of nitro groups is 1. The summed E-state index contributed by atoms with van der Waals surface area (Å²) in [5.41, 5.74) is -0.0829. The van der Waals surface area contributed by atoms with Gasteiger partial charge in [0.15, 0.2) is 4.90 Å².